The van der Waals surface area contributed by atoms with E-state index in [1.807, 2.05) is 36.4 Å². The summed E-state index contributed by atoms with van der Waals surface area (Å²) in [4.78, 5) is 18.3. The van der Waals surface area contributed by atoms with Crippen LogP contribution in [0.5, 0.6) is 0 Å². The number of benzene rings is 1. The van der Waals surface area contributed by atoms with Gasteiger partial charge in [0, 0.05) is 5.39 Å². The summed E-state index contributed by atoms with van der Waals surface area (Å²) < 4.78 is 1.65. The van der Waals surface area contributed by atoms with Crippen LogP contribution in [0.3, 0.4) is 0 Å². The van der Waals surface area contributed by atoms with Gasteiger partial charge in [-0.2, -0.15) is 0 Å². The first-order valence-electron chi connectivity index (χ1n) is 5.73. The third-order valence-corrected chi connectivity index (χ3v) is 2.81. The van der Waals surface area contributed by atoms with Crippen molar-refractivity contribution in [2.45, 2.75) is 6.54 Å². The lowest BCUT2D eigenvalue weighted by atomic mass is 10.2. The van der Waals surface area contributed by atoms with Crippen LogP contribution in [0.25, 0.3) is 10.9 Å². The van der Waals surface area contributed by atoms with Gasteiger partial charge in [-0.25, -0.2) is 0 Å². The molecule has 0 radical (unpaired) electrons. The van der Waals surface area contributed by atoms with Crippen LogP contribution in [-0.2, 0) is 6.54 Å². The predicted molar refractivity (Wildman–Crippen MR) is 69.7 cm³/mol. The number of pyridine rings is 1. The Morgan fingerprint density at radius 2 is 2.05 bits per heavy atom. The number of nitro groups is 1. The van der Waals surface area contributed by atoms with Gasteiger partial charge in [0.15, 0.2) is 0 Å². The van der Waals surface area contributed by atoms with Crippen molar-refractivity contribution in [3.63, 3.8) is 0 Å². The summed E-state index contributed by atoms with van der Waals surface area (Å²) in [6.07, 6.45) is 2.84. The Bertz CT molecular complexity index is 751. The summed E-state index contributed by atoms with van der Waals surface area (Å²) in [7, 11) is 0. The minimum atomic E-state index is -0.510. The highest BCUT2D eigenvalue weighted by Gasteiger charge is 2.10. The quantitative estimate of drug-likeness (QED) is 0.531. The third kappa shape index (κ3) is 2.28. The molecule has 3 aromatic rings. The maximum Gasteiger partial charge on any atom is 0.381 e. The van der Waals surface area contributed by atoms with Crippen molar-refractivity contribution in [3.05, 3.63) is 64.7 Å². The van der Waals surface area contributed by atoms with Gasteiger partial charge in [0.2, 0.25) is 6.33 Å². The molecule has 0 spiro atoms. The van der Waals surface area contributed by atoms with E-state index in [0.29, 0.717) is 6.54 Å². The van der Waals surface area contributed by atoms with Crippen molar-refractivity contribution in [1.29, 1.82) is 0 Å². The molecular weight excluding hydrogens is 244 g/mol. The zero-order chi connectivity index (χ0) is 13.2. The Hall–Kier alpha value is -2.76. The number of hydrogen-bond donors (Lipinski definition) is 0. The van der Waals surface area contributed by atoms with Crippen molar-refractivity contribution >= 4 is 16.7 Å². The second-order valence-electron chi connectivity index (χ2n) is 4.16. The molecule has 0 aliphatic carbocycles. The minimum absolute atomic E-state index is 0.152. The lowest BCUT2D eigenvalue weighted by molar-refractivity contribution is -0.389. The number of fused-ring (bicyclic) bond motifs is 1. The monoisotopic (exact) mass is 254 g/mol. The van der Waals surface area contributed by atoms with E-state index in [0.717, 1.165) is 16.6 Å². The van der Waals surface area contributed by atoms with Crippen LogP contribution in [0, 0.1) is 10.1 Å². The lowest BCUT2D eigenvalue weighted by Gasteiger charge is -2.02. The second-order valence-corrected chi connectivity index (χ2v) is 4.16. The van der Waals surface area contributed by atoms with Crippen LogP contribution in [0.2, 0.25) is 0 Å². The second kappa shape index (κ2) is 4.49. The highest BCUT2D eigenvalue weighted by atomic mass is 16.6. The molecule has 0 aliphatic rings. The molecule has 0 bridgehead atoms. The number of imidazole rings is 1. The first kappa shape index (κ1) is 11.3. The highest BCUT2D eigenvalue weighted by Crippen LogP contribution is 2.13. The van der Waals surface area contributed by atoms with Crippen LogP contribution < -0.4 is 0 Å². The average molecular weight is 254 g/mol. The first-order valence-corrected chi connectivity index (χ1v) is 5.73. The van der Waals surface area contributed by atoms with Gasteiger partial charge < -0.3 is 14.7 Å². The SMILES string of the molecule is O=[N+]([O-])c1cn(Cc2ccc3ccccc3n2)cn1. The average Bonchev–Trinajstić information content (AvgIpc) is 2.87. The summed E-state index contributed by atoms with van der Waals surface area (Å²) in [6.45, 7) is 0.464. The van der Waals surface area contributed by atoms with E-state index in [-0.39, 0.29) is 5.82 Å². The molecule has 0 unspecified atom stereocenters. The van der Waals surface area contributed by atoms with Gasteiger partial charge in [0.05, 0.1) is 17.8 Å². The van der Waals surface area contributed by atoms with Crippen molar-refractivity contribution in [2.24, 2.45) is 0 Å². The van der Waals surface area contributed by atoms with Crippen molar-refractivity contribution in [3.8, 4) is 0 Å². The molecular formula is C13H10N4O2. The molecule has 1 aromatic carbocycles. The number of rotatable bonds is 3. The molecule has 6 heteroatoms. The van der Waals surface area contributed by atoms with E-state index < -0.39 is 4.92 Å². The van der Waals surface area contributed by atoms with Crippen molar-refractivity contribution in [1.82, 2.24) is 14.5 Å². The molecule has 2 heterocycles. The number of aromatic nitrogens is 3. The van der Waals surface area contributed by atoms with Gasteiger partial charge in [-0.3, -0.25) is 4.98 Å². The molecule has 0 atom stereocenters. The van der Waals surface area contributed by atoms with Gasteiger partial charge in [0.25, 0.3) is 0 Å². The Morgan fingerprint density at radius 1 is 1.21 bits per heavy atom. The number of hydrogen-bond acceptors (Lipinski definition) is 4. The third-order valence-electron chi connectivity index (χ3n) is 2.81. The van der Waals surface area contributed by atoms with Crippen LogP contribution >= 0.6 is 0 Å². The summed E-state index contributed by atoms with van der Waals surface area (Å²) in [5.41, 5.74) is 1.75. The van der Waals surface area contributed by atoms with E-state index in [1.165, 1.54) is 12.5 Å². The topological polar surface area (TPSA) is 73.8 Å². The smallest absolute Gasteiger partial charge is 0.358 e. The van der Waals surface area contributed by atoms with E-state index in [1.54, 1.807) is 4.57 Å². The maximum absolute atomic E-state index is 10.6. The molecule has 19 heavy (non-hydrogen) atoms. The molecule has 2 aromatic heterocycles. The lowest BCUT2D eigenvalue weighted by Crippen LogP contribution is -1.99. The van der Waals surface area contributed by atoms with Crippen LogP contribution in [0.15, 0.2) is 48.9 Å². The summed E-state index contributed by atoms with van der Waals surface area (Å²) in [5, 5.41) is 11.6. The van der Waals surface area contributed by atoms with Gasteiger partial charge in [-0.05, 0) is 22.0 Å². The van der Waals surface area contributed by atoms with E-state index >= 15 is 0 Å². The largest absolute Gasteiger partial charge is 0.381 e. The molecule has 0 saturated heterocycles. The molecule has 0 saturated carbocycles. The maximum atomic E-state index is 10.6. The Balaban J connectivity index is 1.89. The van der Waals surface area contributed by atoms with Gasteiger partial charge >= 0.3 is 5.82 Å². The Morgan fingerprint density at radius 3 is 2.84 bits per heavy atom. The zero-order valence-corrected chi connectivity index (χ0v) is 9.93. The summed E-state index contributed by atoms with van der Waals surface area (Å²) in [5.74, 6) is -0.152. The van der Waals surface area contributed by atoms with E-state index in [4.69, 9.17) is 0 Å². The predicted octanol–water partition coefficient (Wildman–Crippen LogP) is 2.39. The van der Waals surface area contributed by atoms with Gasteiger partial charge in [-0.1, -0.05) is 24.3 Å². The molecule has 94 valence electrons. The fourth-order valence-corrected chi connectivity index (χ4v) is 1.91. The van der Waals surface area contributed by atoms with Crippen LogP contribution in [0.4, 0.5) is 5.82 Å². The molecule has 0 amide bonds. The van der Waals surface area contributed by atoms with Crippen molar-refractivity contribution in [2.75, 3.05) is 0 Å². The summed E-state index contributed by atoms with van der Waals surface area (Å²) in [6, 6.07) is 11.7. The van der Waals surface area contributed by atoms with Gasteiger partial charge in [-0.15, -0.1) is 0 Å². The van der Waals surface area contributed by atoms with Gasteiger partial charge in [0.1, 0.15) is 6.20 Å². The van der Waals surface area contributed by atoms with E-state index in [2.05, 4.69) is 9.97 Å². The molecule has 0 aliphatic heterocycles. The molecule has 6 nitrogen and oxygen atoms in total. The minimum Gasteiger partial charge on any atom is -0.358 e. The van der Waals surface area contributed by atoms with E-state index in [9.17, 15) is 10.1 Å². The molecule has 3 rings (SSSR count). The Kier molecular flexibility index (Phi) is 2.68. The van der Waals surface area contributed by atoms with Crippen LogP contribution in [0.1, 0.15) is 5.69 Å². The molecule has 0 fully saturated rings. The normalized spacial score (nSPS) is 10.7. The standard InChI is InChI=1S/C13H10N4O2/c18-17(19)13-8-16(9-14-13)7-11-6-5-10-3-1-2-4-12(10)15-11/h1-6,8-9H,7H2. The highest BCUT2D eigenvalue weighted by molar-refractivity contribution is 5.78. The first-order chi connectivity index (χ1) is 9.22. The van der Waals surface area contributed by atoms with Crippen LogP contribution in [-0.4, -0.2) is 19.5 Å². The Labute approximate surface area is 108 Å². The number of nitrogens with zero attached hydrogens (tertiary/aromatic N) is 4. The fourth-order valence-electron chi connectivity index (χ4n) is 1.91. The zero-order valence-electron chi connectivity index (χ0n) is 9.93. The fraction of sp³-hybridized carbons (Fsp3) is 0.0769. The molecule has 0 N–H and O–H groups in total. The number of para-hydroxylation sites is 1. The summed E-state index contributed by atoms with van der Waals surface area (Å²) >= 11 is 0. The van der Waals surface area contributed by atoms with Crippen molar-refractivity contribution < 1.29 is 4.92 Å².